The van der Waals surface area contributed by atoms with Gasteiger partial charge in [-0.1, -0.05) is 45.1 Å². The fraction of sp³-hybridized carbons (Fsp3) is 0.647. The molecule has 1 rings (SSSR count). The number of unbranched alkanes of at least 4 members (excludes halogenated alkanes) is 4. The average Bonchev–Trinajstić information content (AvgIpc) is 2.50. The first-order valence-electron chi connectivity index (χ1n) is 8.05. The molecule has 126 valence electrons. The van der Waals surface area contributed by atoms with Gasteiger partial charge in [-0.25, -0.2) is 0 Å². The monoisotopic (exact) mass is 328 g/mol. The van der Waals surface area contributed by atoms with Gasteiger partial charge in [-0.15, -0.1) is 0 Å². The highest BCUT2D eigenvalue weighted by Crippen LogP contribution is 2.14. The van der Waals surface area contributed by atoms with Crippen LogP contribution in [0.1, 0.15) is 51.9 Å². The number of carbonyl (C=O) groups is 1. The molecule has 0 aliphatic rings. The first-order chi connectivity index (χ1) is 10.2. The molecular weight excluding hydrogens is 300 g/mol. The predicted molar refractivity (Wildman–Crippen MR) is 83.3 cm³/mol. The topological polar surface area (TPSA) is 56.2 Å². The second kappa shape index (κ2) is 13.5. The highest BCUT2D eigenvalue weighted by atomic mass is 35.5. The van der Waals surface area contributed by atoms with E-state index in [4.69, 9.17) is 10.5 Å². The fourth-order valence-corrected chi connectivity index (χ4v) is 2.34. The molecule has 22 heavy (non-hydrogen) atoms. The van der Waals surface area contributed by atoms with Gasteiger partial charge in [0, 0.05) is 18.1 Å². The van der Waals surface area contributed by atoms with Crippen LogP contribution in [-0.2, 0) is 16.3 Å². The molecule has 0 fully saturated rings. The molecule has 1 unspecified atom stereocenters. The van der Waals surface area contributed by atoms with E-state index in [1.165, 1.54) is 25.7 Å². The van der Waals surface area contributed by atoms with Gasteiger partial charge in [0.2, 0.25) is 5.91 Å². The van der Waals surface area contributed by atoms with E-state index in [9.17, 15) is 4.79 Å². The lowest BCUT2D eigenvalue weighted by Gasteiger charge is -2.12. The van der Waals surface area contributed by atoms with Gasteiger partial charge in [0.25, 0.3) is 6.73 Å². The van der Waals surface area contributed by atoms with Crippen molar-refractivity contribution in [1.82, 2.24) is 0 Å². The average molecular weight is 329 g/mol. The third-order valence-corrected chi connectivity index (χ3v) is 3.69. The number of primary amides is 1. The summed E-state index contributed by atoms with van der Waals surface area (Å²) in [6.07, 6.45) is 11.6. The Hall–Kier alpha value is -1.13. The second-order valence-corrected chi connectivity index (χ2v) is 5.52. The van der Waals surface area contributed by atoms with Crippen LogP contribution in [0.25, 0.3) is 0 Å². The van der Waals surface area contributed by atoms with Crippen molar-refractivity contribution in [3.8, 4) is 0 Å². The summed E-state index contributed by atoms with van der Waals surface area (Å²) in [7, 11) is 0. The Labute approximate surface area is 140 Å². The van der Waals surface area contributed by atoms with Crippen molar-refractivity contribution < 1.29 is 26.5 Å². The molecule has 1 heterocycles. The lowest BCUT2D eigenvalue weighted by atomic mass is 9.97. The molecule has 0 saturated heterocycles. The highest BCUT2D eigenvalue weighted by molar-refractivity contribution is 5.76. The summed E-state index contributed by atoms with van der Waals surface area (Å²) in [5, 5.41) is 0. The van der Waals surface area contributed by atoms with E-state index in [2.05, 4.69) is 6.92 Å². The summed E-state index contributed by atoms with van der Waals surface area (Å²) in [6.45, 7) is 3.29. The Morgan fingerprint density at radius 1 is 1.09 bits per heavy atom. The maximum atomic E-state index is 11.4. The number of hydrogen-bond acceptors (Lipinski definition) is 2. The van der Waals surface area contributed by atoms with Crippen LogP contribution in [0.4, 0.5) is 0 Å². The molecule has 2 N–H and O–H groups in total. The summed E-state index contributed by atoms with van der Waals surface area (Å²) in [6, 6.07) is 5.90. The van der Waals surface area contributed by atoms with Crippen molar-refractivity contribution in [3.63, 3.8) is 0 Å². The van der Waals surface area contributed by atoms with E-state index in [1.54, 1.807) is 0 Å². The molecule has 4 nitrogen and oxygen atoms in total. The van der Waals surface area contributed by atoms with E-state index < -0.39 is 0 Å². The number of hydrogen-bond donors (Lipinski definition) is 1. The Morgan fingerprint density at radius 2 is 1.77 bits per heavy atom. The van der Waals surface area contributed by atoms with Gasteiger partial charge in [-0.2, -0.15) is 4.57 Å². The first-order valence-corrected chi connectivity index (χ1v) is 8.05. The zero-order chi connectivity index (χ0) is 15.3. The minimum atomic E-state index is -0.193. The lowest BCUT2D eigenvalue weighted by Crippen LogP contribution is -3.00. The zero-order valence-electron chi connectivity index (χ0n) is 13.5. The number of nitrogens with zero attached hydrogens (tertiary/aromatic N) is 1. The van der Waals surface area contributed by atoms with Gasteiger partial charge in [-0.05, 0) is 12.8 Å². The summed E-state index contributed by atoms with van der Waals surface area (Å²) in [5.41, 5.74) is 5.47. The molecule has 0 aromatic carbocycles. The maximum absolute atomic E-state index is 11.4. The van der Waals surface area contributed by atoms with Gasteiger partial charge in [0.05, 0.1) is 6.61 Å². The molecule has 0 saturated carbocycles. The summed E-state index contributed by atoms with van der Waals surface area (Å²) in [4.78, 5) is 11.4. The van der Waals surface area contributed by atoms with E-state index in [0.717, 1.165) is 19.3 Å². The van der Waals surface area contributed by atoms with Crippen LogP contribution in [0.15, 0.2) is 30.6 Å². The number of ether oxygens (including phenoxy) is 1. The van der Waals surface area contributed by atoms with Crippen molar-refractivity contribution in [1.29, 1.82) is 0 Å². The number of amides is 1. The number of carbonyl (C=O) groups excluding carboxylic acids is 1. The third-order valence-electron chi connectivity index (χ3n) is 3.69. The summed E-state index contributed by atoms with van der Waals surface area (Å²) >= 11 is 0. The van der Waals surface area contributed by atoms with Crippen molar-refractivity contribution >= 4 is 5.91 Å². The van der Waals surface area contributed by atoms with Gasteiger partial charge < -0.3 is 22.9 Å². The van der Waals surface area contributed by atoms with Crippen molar-refractivity contribution in [2.75, 3.05) is 6.61 Å². The minimum Gasteiger partial charge on any atom is -1.00 e. The zero-order valence-corrected chi connectivity index (χ0v) is 14.3. The van der Waals surface area contributed by atoms with Gasteiger partial charge in [-0.3, -0.25) is 4.79 Å². The molecule has 0 radical (unpaired) electrons. The van der Waals surface area contributed by atoms with E-state index in [0.29, 0.717) is 13.3 Å². The van der Waals surface area contributed by atoms with Gasteiger partial charge >= 0.3 is 0 Å². The molecule has 0 aliphatic heterocycles. The van der Waals surface area contributed by atoms with Crippen LogP contribution in [0.2, 0.25) is 0 Å². The molecule has 0 spiro atoms. The Morgan fingerprint density at radius 3 is 2.41 bits per heavy atom. The largest absolute Gasteiger partial charge is 1.00 e. The molecule has 1 amide bonds. The summed E-state index contributed by atoms with van der Waals surface area (Å²) in [5.74, 6) is -0.242. The number of halogens is 1. The molecule has 0 aliphatic carbocycles. The van der Waals surface area contributed by atoms with Crippen LogP contribution in [-0.4, -0.2) is 12.5 Å². The summed E-state index contributed by atoms with van der Waals surface area (Å²) < 4.78 is 7.56. The SMILES string of the molecule is CCCCCCCC(CCOC[n+]1ccccc1)C(N)=O.[Cl-]. The Bertz CT molecular complexity index is 388. The predicted octanol–water partition coefficient (Wildman–Crippen LogP) is -0.196. The number of nitrogens with two attached hydrogens (primary N) is 1. The normalized spacial score (nSPS) is 11.7. The van der Waals surface area contributed by atoms with Crippen LogP contribution in [0, 0.1) is 5.92 Å². The van der Waals surface area contributed by atoms with Crippen molar-refractivity contribution in [3.05, 3.63) is 30.6 Å². The van der Waals surface area contributed by atoms with Crippen molar-refractivity contribution in [2.45, 2.75) is 58.6 Å². The molecule has 5 heteroatoms. The first kappa shape index (κ1) is 20.9. The lowest BCUT2D eigenvalue weighted by molar-refractivity contribution is -0.732. The van der Waals surface area contributed by atoms with Gasteiger partial charge in [0.15, 0.2) is 12.4 Å². The van der Waals surface area contributed by atoms with Crippen LogP contribution >= 0.6 is 0 Å². The Balaban J connectivity index is 0.00000441. The van der Waals surface area contributed by atoms with E-state index >= 15 is 0 Å². The number of pyridine rings is 1. The standard InChI is InChI=1S/C17H28N2O2.ClH/c1-2-3-4-5-7-10-16(17(18)20)11-14-21-15-19-12-8-6-9-13-19;/h6,8-9,12-13,16H,2-5,7,10-11,14-15H2,1H3,(H-,18,20);1H. The second-order valence-electron chi connectivity index (χ2n) is 5.52. The van der Waals surface area contributed by atoms with Crippen LogP contribution < -0.4 is 22.7 Å². The van der Waals surface area contributed by atoms with Gasteiger partial charge in [0.1, 0.15) is 0 Å². The Kier molecular flexibility index (Phi) is 12.8. The maximum Gasteiger partial charge on any atom is 0.252 e. The minimum absolute atomic E-state index is 0. The quantitative estimate of drug-likeness (QED) is 0.427. The smallest absolute Gasteiger partial charge is 0.252 e. The van der Waals surface area contributed by atoms with Crippen molar-refractivity contribution in [2.24, 2.45) is 11.7 Å². The molecule has 0 bridgehead atoms. The van der Waals surface area contributed by atoms with Crippen LogP contribution in [0.5, 0.6) is 0 Å². The molecule has 1 aromatic heterocycles. The molecule has 1 atom stereocenters. The molecule has 1 aromatic rings. The number of aromatic nitrogens is 1. The van der Waals surface area contributed by atoms with E-state index in [-0.39, 0.29) is 24.2 Å². The fourth-order valence-electron chi connectivity index (χ4n) is 2.34. The highest BCUT2D eigenvalue weighted by Gasteiger charge is 2.14. The van der Waals surface area contributed by atoms with E-state index in [1.807, 2.05) is 35.2 Å². The molecular formula is C17H29ClN2O2. The third kappa shape index (κ3) is 9.74. The van der Waals surface area contributed by atoms with Crippen LogP contribution in [0.3, 0.4) is 0 Å². The number of rotatable bonds is 12.